The number of ether oxygens (including phenoxy) is 2. The van der Waals surface area contributed by atoms with Crippen LogP contribution in [-0.2, 0) is 16.1 Å². The van der Waals surface area contributed by atoms with E-state index in [4.69, 9.17) is 19.5 Å². The fourth-order valence-electron chi connectivity index (χ4n) is 2.29. The standard InChI is InChI=1S/C16H16BFO4/c1-10-8-11(2-7-14(10)18)9-21-16-15(22-16)12-3-5-13(6-4-12)17(19)20/h2-8,15-16,19-20H,9H2,1H3. The number of aryl methyl sites for hydroxylation is 1. The Morgan fingerprint density at radius 2 is 1.91 bits per heavy atom. The van der Waals surface area contributed by atoms with Crippen molar-refractivity contribution in [2.45, 2.75) is 25.9 Å². The summed E-state index contributed by atoms with van der Waals surface area (Å²) in [5.74, 6) is -0.226. The third-order valence-corrected chi connectivity index (χ3v) is 3.65. The van der Waals surface area contributed by atoms with Crippen LogP contribution in [0, 0.1) is 12.7 Å². The molecule has 0 bridgehead atoms. The van der Waals surface area contributed by atoms with Crippen molar-refractivity contribution in [3.8, 4) is 0 Å². The van der Waals surface area contributed by atoms with E-state index in [-0.39, 0.29) is 18.2 Å². The second kappa shape index (κ2) is 6.18. The molecule has 0 saturated carbocycles. The number of halogens is 1. The first-order chi connectivity index (χ1) is 10.5. The van der Waals surface area contributed by atoms with Crippen molar-refractivity contribution in [1.29, 1.82) is 0 Å². The van der Waals surface area contributed by atoms with Crippen molar-refractivity contribution in [3.63, 3.8) is 0 Å². The van der Waals surface area contributed by atoms with E-state index in [2.05, 4.69) is 0 Å². The first-order valence-corrected chi connectivity index (χ1v) is 7.02. The zero-order valence-corrected chi connectivity index (χ0v) is 12.1. The van der Waals surface area contributed by atoms with Crippen LogP contribution in [0.3, 0.4) is 0 Å². The predicted octanol–water partition coefficient (Wildman–Crippen LogP) is 1.43. The molecule has 1 heterocycles. The summed E-state index contributed by atoms with van der Waals surface area (Å²) in [6.45, 7) is 2.07. The predicted molar refractivity (Wildman–Crippen MR) is 79.8 cm³/mol. The fourth-order valence-corrected chi connectivity index (χ4v) is 2.29. The zero-order chi connectivity index (χ0) is 15.7. The number of rotatable bonds is 5. The van der Waals surface area contributed by atoms with Crippen molar-refractivity contribution in [2.75, 3.05) is 0 Å². The van der Waals surface area contributed by atoms with Gasteiger partial charge in [-0.1, -0.05) is 36.4 Å². The summed E-state index contributed by atoms with van der Waals surface area (Å²) in [6.07, 6.45) is -0.471. The molecule has 1 aliphatic rings. The molecule has 1 saturated heterocycles. The second-order valence-electron chi connectivity index (χ2n) is 5.36. The van der Waals surface area contributed by atoms with Gasteiger partial charge in [-0.25, -0.2) is 4.39 Å². The summed E-state index contributed by atoms with van der Waals surface area (Å²) in [4.78, 5) is 0. The highest BCUT2D eigenvalue weighted by molar-refractivity contribution is 6.58. The Balaban J connectivity index is 1.55. The molecule has 0 spiro atoms. The van der Waals surface area contributed by atoms with E-state index in [0.717, 1.165) is 11.1 Å². The number of benzene rings is 2. The van der Waals surface area contributed by atoms with Crippen LogP contribution in [0.1, 0.15) is 22.8 Å². The van der Waals surface area contributed by atoms with Gasteiger partial charge in [-0.3, -0.25) is 0 Å². The summed E-state index contributed by atoms with van der Waals surface area (Å²) in [6, 6.07) is 11.7. The lowest BCUT2D eigenvalue weighted by Gasteiger charge is -2.04. The molecule has 6 heteroatoms. The average molecular weight is 302 g/mol. The Kier molecular flexibility index (Phi) is 4.26. The van der Waals surface area contributed by atoms with E-state index >= 15 is 0 Å². The third-order valence-electron chi connectivity index (χ3n) is 3.65. The number of hydrogen-bond donors (Lipinski definition) is 2. The Hall–Kier alpha value is -1.73. The van der Waals surface area contributed by atoms with Crippen molar-refractivity contribution < 1.29 is 23.9 Å². The van der Waals surface area contributed by atoms with E-state index in [0.29, 0.717) is 17.6 Å². The van der Waals surface area contributed by atoms with Gasteiger partial charge in [0.2, 0.25) is 0 Å². The minimum Gasteiger partial charge on any atom is -0.423 e. The van der Waals surface area contributed by atoms with Crippen molar-refractivity contribution >= 4 is 12.6 Å². The SMILES string of the molecule is Cc1cc(COC2OC2c2ccc(B(O)O)cc2)ccc1F. The molecule has 3 rings (SSSR count). The van der Waals surface area contributed by atoms with Crippen LogP contribution in [0.5, 0.6) is 0 Å². The molecule has 0 radical (unpaired) electrons. The van der Waals surface area contributed by atoms with Crippen LogP contribution in [0.25, 0.3) is 0 Å². The normalized spacial score (nSPS) is 20.0. The molecule has 2 aromatic carbocycles. The first-order valence-electron chi connectivity index (χ1n) is 7.02. The van der Waals surface area contributed by atoms with Gasteiger partial charge in [-0.15, -0.1) is 0 Å². The second-order valence-corrected chi connectivity index (χ2v) is 5.36. The van der Waals surface area contributed by atoms with E-state index in [1.807, 2.05) is 0 Å². The molecular weight excluding hydrogens is 286 g/mol. The van der Waals surface area contributed by atoms with Gasteiger partial charge >= 0.3 is 7.12 Å². The lowest BCUT2D eigenvalue weighted by Crippen LogP contribution is -2.29. The topological polar surface area (TPSA) is 62.2 Å². The van der Waals surface area contributed by atoms with Gasteiger partial charge in [-0.05, 0) is 35.1 Å². The van der Waals surface area contributed by atoms with Crippen LogP contribution >= 0.6 is 0 Å². The van der Waals surface area contributed by atoms with Gasteiger partial charge in [0, 0.05) is 0 Å². The molecule has 114 valence electrons. The Morgan fingerprint density at radius 3 is 2.55 bits per heavy atom. The molecule has 0 aliphatic carbocycles. The van der Waals surface area contributed by atoms with Gasteiger partial charge in [0.05, 0.1) is 6.61 Å². The molecule has 4 nitrogen and oxygen atoms in total. The first kappa shape index (κ1) is 15.2. The highest BCUT2D eigenvalue weighted by Crippen LogP contribution is 2.39. The molecule has 2 unspecified atom stereocenters. The molecule has 1 aliphatic heterocycles. The van der Waals surface area contributed by atoms with E-state index in [1.165, 1.54) is 6.07 Å². The van der Waals surface area contributed by atoms with Crippen LogP contribution in [0.2, 0.25) is 0 Å². The summed E-state index contributed by atoms with van der Waals surface area (Å²) >= 11 is 0. The van der Waals surface area contributed by atoms with E-state index < -0.39 is 7.12 Å². The Morgan fingerprint density at radius 1 is 1.18 bits per heavy atom. The molecule has 22 heavy (non-hydrogen) atoms. The summed E-state index contributed by atoms with van der Waals surface area (Å²) < 4.78 is 24.3. The highest BCUT2D eigenvalue weighted by atomic mass is 19.1. The van der Waals surface area contributed by atoms with Crippen LogP contribution in [-0.4, -0.2) is 23.5 Å². The third kappa shape index (κ3) is 3.36. The molecular formula is C16H16BFO4. The fraction of sp³-hybridized carbons (Fsp3) is 0.250. The van der Waals surface area contributed by atoms with Gasteiger partial charge in [0.15, 0.2) is 6.29 Å². The van der Waals surface area contributed by atoms with Gasteiger partial charge < -0.3 is 19.5 Å². The quantitative estimate of drug-likeness (QED) is 0.648. The maximum absolute atomic E-state index is 13.2. The monoisotopic (exact) mass is 302 g/mol. The highest BCUT2D eigenvalue weighted by Gasteiger charge is 2.41. The number of epoxide rings is 1. The van der Waals surface area contributed by atoms with Crippen molar-refractivity contribution in [3.05, 3.63) is 65.0 Å². The lowest BCUT2D eigenvalue weighted by molar-refractivity contribution is 0.0384. The molecule has 2 aromatic rings. The lowest BCUT2D eigenvalue weighted by atomic mass is 9.80. The van der Waals surface area contributed by atoms with Crippen molar-refractivity contribution in [1.82, 2.24) is 0 Å². The summed E-state index contributed by atoms with van der Waals surface area (Å²) in [7, 11) is -1.47. The minimum absolute atomic E-state index is 0.147. The van der Waals surface area contributed by atoms with Crippen LogP contribution in [0.15, 0.2) is 42.5 Å². The molecule has 2 atom stereocenters. The molecule has 1 fully saturated rings. The summed E-state index contributed by atoms with van der Waals surface area (Å²) in [5, 5.41) is 18.1. The van der Waals surface area contributed by atoms with Gasteiger partial charge in [0.25, 0.3) is 0 Å². The van der Waals surface area contributed by atoms with Crippen LogP contribution < -0.4 is 5.46 Å². The average Bonchev–Trinajstić information content (AvgIpc) is 3.28. The van der Waals surface area contributed by atoms with Crippen LogP contribution in [0.4, 0.5) is 4.39 Å². The van der Waals surface area contributed by atoms with E-state index in [9.17, 15) is 4.39 Å². The smallest absolute Gasteiger partial charge is 0.423 e. The van der Waals surface area contributed by atoms with Gasteiger partial charge in [-0.2, -0.15) is 0 Å². The maximum Gasteiger partial charge on any atom is 0.488 e. The summed E-state index contributed by atoms with van der Waals surface area (Å²) in [5.41, 5.74) is 2.84. The number of hydrogen-bond acceptors (Lipinski definition) is 4. The minimum atomic E-state index is -1.47. The maximum atomic E-state index is 13.2. The molecule has 2 N–H and O–H groups in total. The van der Waals surface area contributed by atoms with Gasteiger partial charge in [0.1, 0.15) is 11.9 Å². The Bertz CT molecular complexity index is 660. The Labute approximate surface area is 128 Å². The molecule has 0 aromatic heterocycles. The molecule has 0 amide bonds. The van der Waals surface area contributed by atoms with E-state index in [1.54, 1.807) is 43.3 Å². The zero-order valence-electron chi connectivity index (χ0n) is 12.1. The van der Waals surface area contributed by atoms with Crippen molar-refractivity contribution in [2.24, 2.45) is 0 Å². The largest absolute Gasteiger partial charge is 0.488 e.